The lowest BCUT2D eigenvalue weighted by Crippen LogP contribution is -2.14. The van der Waals surface area contributed by atoms with Crippen LogP contribution >= 0.6 is 0 Å². The molecule has 2 rings (SSSR count). The molecule has 0 aromatic heterocycles. The third-order valence-electron chi connectivity index (χ3n) is 4.06. The van der Waals surface area contributed by atoms with Crippen LogP contribution in [-0.4, -0.2) is 0 Å². The van der Waals surface area contributed by atoms with E-state index < -0.39 is 17.8 Å². The SMILES string of the molecule is CCC#Cc1ccc(C2CCC(C(F)=C(F)F)CC2)cc1. The topological polar surface area (TPSA) is 0 Å². The molecule has 0 nitrogen and oxygen atoms in total. The van der Waals surface area contributed by atoms with E-state index in [1.165, 1.54) is 5.56 Å². The second-order valence-electron chi connectivity index (χ2n) is 5.43. The number of hydrogen-bond donors (Lipinski definition) is 0. The maximum atomic E-state index is 13.2. The molecule has 0 aliphatic heterocycles. The molecule has 21 heavy (non-hydrogen) atoms. The number of halogens is 3. The molecule has 0 spiro atoms. The molecule has 1 aromatic rings. The van der Waals surface area contributed by atoms with Crippen LogP contribution in [0.1, 0.15) is 56.1 Å². The second kappa shape index (κ2) is 7.36. The van der Waals surface area contributed by atoms with Gasteiger partial charge in [0.25, 0.3) is 0 Å². The summed E-state index contributed by atoms with van der Waals surface area (Å²) in [5.41, 5.74) is 2.18. The van der Waals surface area contributed by atoms with Crippen LogP contribution in [0.5, 0.6) is 0 Å². The fourth-order valence-corrected chi connectivity index (χ4v) is 2.86. The largest absolute Gasteiger partial charge is 0.301 e. The second-order valence-corrected chi connectivity index (χ2v) is 5.43. The predicted molar refractivity (Wildman–Crippen MR) is 78.7 cm³/mol. The molecule has 0 atom stereocenters. The molecule has 1 aliphatic rings. The van der Waals surface area contributed by atoms with Gasteiger partial charge < -0.3 is 0 Å². The lowest BCUT2D eigenvalue weighted by atomic mass is 9.78. The Bertz CT molecular complexity index is 548. The molecule has 1 fully saturated rings. The summed E-state index contributed by atoms with van der Waals surface area (Å²) >= 11 is 0. The quantitative estimate of drug-likeness (QED) is 0.604. The van der Waals surface area contributed by atoms with E-state index in [0.717, 1.165) is 24.8 Å². The summed E-state index contributed by atoms with van der Waals surface area (Å²) in [7, 11) is 0. The van der Waals surface area contributed by atoms with Crippen LogP contribution in [-0.2, 0) is 0 Å². The zero-order valence-corrected chi connectivity index (χ0v) is 12.1. The van der Waals surface area contributed by atoms with E-state index in [2.05, 4.69) is 11.8 Å². The normalized spacial score (nSPS) is 21.3. The zero-order chi connectivity index (χ0) is 15.2. The lowest BCUT2D eigenvalue weighted by molar-refractivity contribution is 0.281. The van der Waals surface area contributed by atoms with E-state index in [4.69, 9.17) is 0 Å². The van der Waals surface area contributed by atoms with E-state index in [9.17, 15) is 13.2 Å². The molecule has 0 N–H and O–H groups in total. The maximum Gasteiger partial charge on any atom is 0.301 e. The molecule has 112 valence electrons. The van der Waals surface area contributed by atoms with Crippen LogP contribution in [0.25, 0.3) is 0 Å². The lowest BCUT2D eigenvalue weighted by Gasteiger charge is -2.27. The first kappa shape index (κ1) is 15.7. The number of benzene rings is 1. The van der Waals surface area contributed by atoms with E-state index in [-0.39, 0.29) is 0 Å². The van der Waals surface area contributed by atoms with Crippen LogP contribution in [0.4, 0.5) is 13.2 Å². The van der Waals surface area contributed by atoms with Gasteiger partial charge in [-0.3, -0.25) is 0 Å². The predicted octanol–water partition coefficient (Wildman–Crippen LogP) is 5.80. The Morgan fingerprint density at radius 3 is 2.19 bits per heavy atom. The Morgan fingerprint density at radius 1 is 1.05 bits per heavy atom. The van der Waals surface area contributed by atoms with Crippen LogP contribution in [0.2, 0.25) is 0 Å². The molecule has 1 aliphatic carbocycles. The Labute approximate surface area is 124 Å². The average molecular weight is 292 g/mol. The van der Waals surface area contributed by atoms with Crippen molar-refractivity contribution in [2.75, 3.05) is 0 Å². The first-order valence-electron chi connectivity index (χ1n) is 7.41. The molecule has 1 aromatic carbocycles. The third kappa shape index (κ3) is 4.14. The monoisotopic (exact) mass is 292 g/mol. The summed E-state index contributed by atoms with van der Waals surface area (Å²) in [5, 5.41) is 0. The molecular weight excluding hydrogens is 273 g/mol. The zero-order valence-electron chi connectivity index (χ0n) is 12.1. The summed E-state index contributed by atoms with van der Waals surface area (Å²) < 4.78 is 37.8. The standard InChI is InChI=1S/C18H19F3/c1-2-3-4-13-5-7-14(8-6-13)15-9-11-16(12-10-15)17(19)18(20)21/h5-8,15-16H,2,9-12H2,1H3. The highest BCUT2D eigenvalue weighted by Crippen LogP contribution is 2.40. The van der Waals surface area contributed by atoms with Gasteiger partial charge in [-0.05, 0) is 49.3 Å². The fourth-order valence-electron chi connectivity index (χ4n) is 2.86. The summed E-state index contributed by atoms with van der Waals surface area (Å²) in [6, 6.07) is 8.08. The minimum Gasteiger partial charge on any atom is -0.206 e. The fraction of sp³-hybridized carbons (Fsp3) is 0.444. The molecule has 0 bridgehead atoms. The number of hydrogen-bond acceptors (Lipinski definition) is 0. The van der Waals surface area contributed by atoms with Gasteiger partial charge in [-0.2, -0.15) is 8.78 Å². The van der Waals surface area contributed by atoms with Gasteiger partial charge >= 0.3 is 6.08 Å². The highest BCUT2D eigenvalue weighted by molar-refractivity contribution is 5.37. The van der Waals surface area contributed by atoms with Crippen molar-refractivity contribution in [3.63, 3.8) is 0 Å². The minimum atomic E-state index is -2.16. The highest BCUT2D eigenvalue weighted by atomic mass is 19.3. The number of allylic oxidation sites excluding steroid dienone is 1. The number of rotatable bonds is 2. The van der Waals surface area contributed by atoms with Crippen molar-refractivity contribution < 1.29 is 13.2 Å². The van der Waals surface area contributed by atoms with Crippen LogP contribution in [0.15, 0.2) is 36.2 Å². The van der Waals surface area contributed by atoms with Crippen molar-refractivity contribution in [2.45, 2.75) is 44.9 Å². The third-order valence-corrected chi connectivity index (χ3v) is 4.06. The first-order chi connectivity index (χ1) is 10.1. The van der Waals surface area contributed by atoms with Crippen molar-refractivity contribution in [1.29, 1.82) is 0 Å². The van der Waals surface area contributed by atoms with Gasteiger partial charge in [-0.1, -0.05) is 30.9 Å². The average Bonchev–Trinajstić information content (AvgIpc) is 2.53. The van der Waals surface area contributed by atoms with Crippen molar-refractivity contribution in [3.8, 4) is 11.8 Å². The van der Waals surface area contributed by atoms with Gasteiger partial charge in [0.05, 0.1) is 0 Å². The smallest absolute Gasteiger partial charge is 0.206 e. The molecule has 0 radical (unpaired) electrons. The molecular formula is C18H19F3. The summed E-state index contributed by atoms with van der Waals surface area (Å²) in [6.07, 6.45) is 1.17. The van der Waals surface area contributed by atoms with Crippen LogP contribution in [0, 0.1) is 17.8 Å². The van der Waals surface area contributed by atoms with Crippen LogP contribution in [0.3, 0.4) is 0 Å². The Hall–Kier alpha value is -1.69. The van der Waals surface area contributed by atoms with E-state index in [1.54, 1.807) is 0 Å². The molecule has 3 heteroatoms. The van der Waals surface area contributed by atoms with Crippen LogP contribution < -0.4 is 0 Å². The van der Waals surface area contributed by atoms with Gasteiger partial charge in [0, 0.05) is 17.9 Å². The summed E-state index contributed by atoms with van der Waals surface area (Å²) in [5.74, 6) is 4.63. The van der Waals surface area contributed by atoms with Gasteiger partial charge in [-0.15, -0.1) is 0 Å². The van der Waals surface area contributed by atoms with E-state index in [0.29, 0.717) is 18.8 Å². The van der Waals surface area contributed by atoms with Gasteiger partial charge in [0.1, 0.15) is 0 Å². The van der Waals surface area contributed by atoms with Crippen molar-refractivity contribution >= 4 is 0 Å². The Balaban J connectivity index is 1.98. The van der Waals surface area contributed by atoms with E-state index >= 15 is 0 Å². The highest BCUT2D eigenvalue weighted by Gasteiger charge is 2.27. The van der Waals surface area contributed by atoms with Crippen molar-refractivity contribution in [1.82, 2.24) is 0 Å². The molecule has 0 saturated heterocycles. The van der Waals surface area contributed by atoms with E-state index in [1.807, 2.05) is 31.2 Å². The van der Waals surface area contributed by atoms with Gasteiger partial charge in [0.2, 0.25) is 0 Å². The van der Waals surface area contributed by atoms with Gasteiger partial charge in [-0.25, -0.2) is 4.39 Å². The molecule has 0 unspecified atom stereocenters. The molecule has 0 heterocycles. The summed E-state index contributed by atoms with van der Waals surface area (Å²) in [6.45, 7) is 2.01. The van der Waals surface area contributed by atoms with Crippen molar-refractivity contribution in [3.05, 3.63) is 47.3 Å². The molecule has 1 saturated carbocycles. The van der Waals surface area contributed by atoms with Crippen molar-refractivity contribution in [2.24, 2.45) is 5.92 Å². The first-order valence-corrected chi connectivity index (χ1v) is 7.41. The Kier molecular flexibility index (Phi) is 5.50. The van der Waals surface area contributed by atoms with Gasteiger partial charge in [0.15, 0.2) is 5.83 Å². The summed E-state index contributed by atoms with van der Waals surface area (Å²) in [4.78, 5) is 0. The maximum absolute atomic E-state index is 13.2. The minimum absolute atomic E-state index is 0.338. The Morgan fingerprint density at radius 2 is 1.67 bits per heavy atom. The molecule has 0 amide bonds.